The largest absolute Gasteiger partial charge is 2.00 e. The van der Waals surface area contributed by atoms with Crippen molar-refractivity contribution < 1.29 is 45.5 Å². The molecule has 8 nitrogen and oxygen atoms in total. The summed E-state index contributed by atoms with van der Waals surface area (Å²) in [5.41, 5.74) is 5.87. The minimum Gasteiger partial charge on any atom is -0.360 e. The van der Waals surface area contributed by atoms with Crippen LogP contribution in [0.3, 0.4) is 0 Å². The molecule has 0 aromatic heterocycles. The van der Waals surface area contributed by atoms with Gasteiger partial charge in [0, 0.05) is 25.7 Å². The molecule has 0 amide bonds. The molecule has 0 aliphatic carbocycles. The average molecular weight is 585 g/mol. The van der Waals surface area contributed by atoms with Crippen LogP contribution in [0.4, 0.5) is 0 Å². The third-order valence-electron chi connectivity index (χ3n) is 4.28. The average Bonchev–Trinajstić information content (AvgIpc) is 3.19. The van der Waals surface area contributed by atoms with Crippen LogP contribution < -0.4 is 26.9 Å². The van der Waals surface area contributed by atoms with Gasteiger partial charge in [0.05, 0.1) is 6.10 Å². The summed E-state index contributed by atoms with van der Waals surface area (Å²) in [6, 6.07) is 0.513. The second-order valence-electron chi connectivity index (χ2n) is 6.12. The number of methoxy groups -OCH3 is 1. The molecule has 0 radical (unpaired) electrons. The Labute approximate surface area is 171 Å². The number of nitrogens with one attached hydrogen (secondary N) is 5. The summed E-state index contributed by atoms with van der Waals surface area (Å²) >= 11 is 0. The summed E-state index contributed by atoms with van der Waals surface area (Å²) in [5.74, 6) is 0.263. The molecule has 2 aliphatic heterocycles. The third kappa shape index (κ3) is 6.71. The van der Waals surface area contributed by atoms with Crippen molar-refractivity contribution in [1.82, 2.24) is 26.9 Å². The number of ether oxygens (including phenoxy) is 1. The molecule has 0 aromatic rings. The van der Waals surface area contributed by atoms with Gasteiger partial charge in [-0.2, -0.15) is 12.4 Å². The molecule has 6 unspecified atom stereocenters. The second kappa shape index (κ2) is 11.1. The van der Waals surface area contributed by atoms with E-state index in [-0.39, 0.29) is 49.4 Å². The molecule has 5 N–H and O–H groups in total. The van der Waals surface area contributed by atoms with Crippen LogP contribution in [0.15, 0.2) is 0 Å². The van der Waals surface area contributed by atoms with E-state index >= 15 is 0 Å². The van der Waals surface area contributed by atoms with Gasteiger partial charge in [-0.05, 0) is 26.5 Å². The van der Waals surface area contributed by atoms with E-state index in [0.29, 0.717) is 6.04 Å². The number of hydroxylamine groups is 2. The van der Waals surface area contributed by atoms with Gasteiger partial charge in [-0.1, -0.05) is 0 Å². The molecule has 2 heterocycles. The summed E-state index contributed by atoms with van der Waals surface area (Å²) in [5, 5.41) is 10.0. The van der Waals surface area contributed by atoms with Gasteiger partial charge in [0.2, 0.25) is 0 Å². The molecule has 6 atom stereocenters. The fourth-order valence-corrected chi connectivity index (χ4v) is 2.79. The summed E-state index contributed by atoms with van der Waals surface area (Å²) in [7, 11) is 6.02. The van der Waals surface area contributed by atoms with Crippen molar-refractivity contribution in [3.05, 3.63) is 12.2 Å². The van der Waals surface area contributed by atoms with Gasteiger partial charge in [0.1, 0.15) is 0 Å². The summed E-state index contributed by atoms with van der Waals surface area (Å²) < 4.78 is 5.33. The Hall–Kier alpha value is 1.16. The Morgan fingerprint density at radius 1 is 1.33 bits per heavy atom. The van der Waals surface area contributed by atoms with Gasteiger partial charge < -0.3 is 25.7 Å². The van der Waals surface area contributed by atoms with Gasteiger partial charge >= 0.3 is 31.1 Å². The first-order chi connectivity index (χ1) is 11.0. The molecule has 0 bridgehead atoms. The molecule has 138 valence electrons. The second-order valence-corrected chi connectivity index (χ2v) is 6.98. The fraction of sp³-hybridized carbons (Fsp3) is 0.857. The standard InChI is InChI=1S/C14H30N5O3P.U/c1-9(23)18-22-12-5-6-16-13(12)11-7-10(8-17-11)21-19-14(2,15-3)20-4;/h5,10-13,15-19H,6-8,23H2,1-4H3;/q-2;+2. The summed E-state index contributed by atoms with van der Waals surface area (Å²) in [4.78, 5) is 11.5. The van der Waals surface area contributed by atoms with Crippen LogP contribution in [0.1, 0.15) is 20.3 Å². The maximum absolute atomic E-state index is 5.77. The quantitative estimate of drug-likeness (QED) is 0.105. The van der Waals surface area contributed by atoms with Gasteiger partial charge in [-0.3, -0.25) is 25.8 Å². The number of hydrogen-bond acceptors (Lipinski definition) is 8. The maximum Gasteiger partial charge on any atom is 2.00 e. The zero-order valence-corrected chi connectivity index (χ0v) is 20.1. The molecule has 2 aliphatic rings. The molecular formula is C14H30N5O3PU. The topological polar surface area (TPSA) is 87.8 Å². The van der Waals surface area contributed by atoms with Crippen molar-refractivity contribution in [2.45, 2.75) is 50.4 Å². The first kappa shape index (κ1) is 23.2. The van der Waals surface area contributed by atoms with E-state index in [0.717, 1.165) is 25.3 Å². The molecule has 0 spiro atoms. The van der Waals surface area contributed by atoms with E-state index < -0.39 is 5.85 Å². The van der Waals surface area contributed by atoms with Gasteiger partial charge in [0.15, 0.2) is 5.85 Å². The van der Waals surface area contributed by atoms with Crippen molar-refractivity contribution in [1.29, 1.82) is 0 Å². The van der Waals surface area contributed by atoms with Gasteiger partial charge in [-0.25, -0.2) is 5.78 Å². The number of rotatable bonds is 9. The van der Waals surface area contributed by atoms with Crippen LogP contribution in [-0.4, -0.2) is 57.4 Å². The zero-order valence-electron chi connectivity index (χ0n) is 14.8. The molecule has 0 aromatic carbocycles. The number of hydrogen-bond donors (Lipinski definition) is 5. The monoisotopic (exact) mass is 585 g/mol. The van der Waals surface area contributed by atoms with E-state index in [1.54, 1.807) is 7.11 Å². The van der Waals surface area contributed by atoms with Crippen molar-refractivity contribution >= 4 is 9.24 Å². The van der Waals surface area contributed by atoms with Crippen LogP contribution in [0.5, 0.6) is 0 Å². The van der Waals surface area contributed by atoms with E-state index in [9.17, 15) is 0 Å². The first-order valence-electron chi connectivity index (χ1n) is 7.95. The Bertz CT molecular complexity index is 365. The van der Waals surface area contributed by atoms with Gasteiger partial charge in [-0.15, -0.1) is 6.54 Å². The fourth-order valence-electron chi connectivity index (χ4n) is 2.72. The van der Waals surface area contributed by atoms with Crippen molar-refractivity contribution in [3.63, 3.8) is 0 Å². The Morgan fingerprint density at radius 2 is 2.08 bits per heavy atom. The van der Waals surface area contributed by atoms with E-state index in [1.165, 1.54) is 0 Å². The Balaban J connectivity index is 0.00000288. The van der Waals surface area contributed by atoms with Crippen LogP contribution in [0.25, 0.3) is 0 Å². The summed E-state index contributed by atoms with van der Waals surface area (Å²) in [6.07, 6.45) is 3.14. The van der Waals surface area contributed by atoms with Crippen LogP contribution >= 0.6 is 9.24 Å². The Morgan fingerprint density at radius 3 is 2.71 bits per heavy atom. The van der Waals surface area contributed by atoms with E-state index in [4.69, 9.17) is 14.4 Å². The smallest absolute Gasteiger partial charge is 0.360 e. The first-order valence-corrected chi connectivity index (χ1v) is 8.53. The molecular weight excluding hydrogens is 555 g/mol. The van der Waals surface area contributed by atoms with Crippen LogP contribution in [-0.2, 0) is 14.4 Å². The van der Waals surface area contributed by atoms with Crippen LogP contribution in [0, 0.1) is 43.3 Å². The Kier molecular flexibility index (Phi) is 10.7. The minimum atomic E-state index is -0.695. The van der Waals surface area contributed by atoms with E-state index in [1.807, 2.05) is 20.9 Å². The van der Waals surface area contributed by atoms with Crippen molar-refractivity contribution in [2.24, 2.45) is 0 Å². The molecule has 24 heavy (non-hydrogen) atoms. The molecule has 2 saturated heterocycles. The minimum absolute atomic E-state index is 0. The molecule has 2 rings (SSSR count). The molecule has 2 fully saturated rings. The third-order valence-corrected chi connectivity index (χ3v) is 4.40. The molecule has 10 heteroatoms. The van der Waals surface area contributed by atoms with Crippen molar-refractivity contribution in [3.8, 4) is 0 Å². The zero-order chi connectivity index (χ0) is 16.9. The molecule has 0 saturated carbocycles. The van der Waals surface area contributed by atoms with Crippen molar-refractivity contribution in [2.75, 3.05) is 27.2 Å². The summed E-state index contributed by atoms with van der Waals surface area (Å²) in [6.45, 7) is 5.45. The van der Waals surface area contributed by atoms with E-state index in [2.05, 4.69) is 42.6 Å². The SMILES string of the molecule is CNC(C)(NOC1CNC(C2NC[CH-]C2ON[C-](C)P)C1)OC.[U+2]. The maximum atomic E-state index is 5.77. The predicted octanol–water partition coefficient (Wildman–Crippen LogP) is -0.772. The predicted molar refractivity (Wildman–Crippen MR) is 91.6 cm³/mol. The van der Waals surface area contributed by atoms with Gasteiger partial charge in [0.25, 0.3) is 0 Å². The normalized spacial score (nSPS) is 32.8. The van der Waals surface area contributed by atoms with Crippen LogP contribution in [0.2, 0.25) is 0 Å².